The van der Waals surface area contributed by atoms with E-state index in [1.165, 1.54) is 6.42 Å². The van der Waals surface area contributed by atoms with E-state index in [9.17, 15) is 14.4 Å². The highest BCUT2D eigenvalue weighted by molar-refractivity contribution is 6.11. The molecule has 4 N–H and O–H groups in total. The molecule has 1 aromatic heterocycles. The number of carbonyl (C=O) groups is 3. The number of aromatic amines is 1. The van der Waals surface area contributed by atoms with Crippen molar-refractivity contribution in [1.82, 2.24) is 20.5 Å². The number of nitrogens with zero attached hydrogens (tertiary/aromatic N) is 2. The fraction of sp³-hybridized carbons (Fsp3) is 0.353. The van der Waals surface area contributed by atoms with Crippen LogP contribution in [-0.2, 0) is 9.59 Å². The largest absolute Gasteiger partial charge is 0.340 e. The third-order valence-electron chi connectivity index (χ3n) is 4.69. The molecule has 4 rings (SSSR count). The molecular weight excluding hydrogens is 336 g/mol. The maximum Gasteiger partial charge on any atom is 0.254 e. The summed E-state index contributed by atoms with van der Waals surface area (Å²) in [7, 11) is 0. The van der Waals surface area contributed by atoms with Crippen molar-refractivity contribution in [2.45, 2.75) is 37.6 Å². The second kappa shape index (κ2) is 6.58. The summed E-state index contributed by atoms with van der Waals surface area (Å²) < 4.78 is 0. The van der Waals surface area contributed by atoms with Gasteiger partial charge in [-0.25, -0.2) is 0 Å². The van der Waals surface area contributed by atoms with Gasteiger partial charge in [-0.2, -0.15) is 4.98 Å². The fourth-order valence-electron chi connectivity index (χ4n) is 3.01. The van der Waals surface area contributed by atoms with E-state index in [1.807, 2.05) is 0 Å². The number of para-hydroxylation sites is 1. The summed E-state index contributed by atoms with van der Waals surface area (Å²) in [6, 6.07) is 5.72. The van der Waals surface area contributed by atoms with E-state index >= 15 is 0 Å². The zero-order valence-electron chi connectivity index (χ0n) is 13.9. The lowest BCUT2D eigenvalue weighted by Crippen LogP contribution is -2.43. The smallest absolute Gasteiger partial charge is 0.254 e. The summed E-state index contributed by atoms with van der Waals surface area (Å²) in [6.45, 7) is 0. The summed E-state index contributed by atoms with van der Waals surface area (Å²) in [5, 5.41) is 14.6. The Kier molecular flexibility index (Phi) is 4.11. The molecule has 9 nitrogen and oxygen atoms in total. The Morgan fingerprint density at radius 3 is 2.81 bits per heavy atom. The SMILES string of the molecule is O=C(C[C@@H]1NC(=O)c2ccccc2NC1=O)Nc1n[nH]c(C2CCC2)n1. The number of H-pyrrole nitrogens is 1. The van der Waals surface area contributed by atoms with Crippen LogP contribution in [0.15, 0.2) is 24.3 Å². The van der Waals surface area contributed by atoms with Crippen LogP contribution >= 0.6 is 0 Å². The number of fused-ring (bicyclic) bond motifs is 1. The highest BCUT2D eigenvalue weighted by atomic mass is 16.2. The first-order chi connectivity index (χ1) is 12.6. The molecular formula is C17H18N6O3. The first-order valence-corrected chi connectivity index (χ1v) is 8.53. The van der Waals surface area contributed by atoms with Crippen molar-refractivity contribution in [2.24, 2.45) is 0 Å². The molecule has 2 aliphatic rings. The van der Waals surface area contributed by atoms with E-state index < -0.39 is 23.8 Å². The Hall–Kier alpha value is -3.23. The zero-order valence-corrected chi connectivity index (χ0v) is 13.9. The third kappa shape index (κ3) is 3.15. The molecule has 1 fully saturated rings. The number of rotatable bonds is 4. The average molecular weight is 354 g/mol. The van der Waals surface area contributed by atoms with Crippen molar-refractivity contribution in [3.8, 4) is 0 Å². The molecule has 3 amide bonds. The van der Waals surface area contributed by atoms with Crippen molar-refractivity contribution in [2.75, 3.05) is 10.6 Å². The standard InChI is InChI=1S/C17H18N6O3/c24-13(20-17-21-14(22-23-17)9-4-3-5-9)8-12-16(26)18-11-7-2-1-6-10(11)15(25)19-12/h1-2,6-7,9,12H,3-5,8H2,(H,18,26)(H,19,25)(H2,20,21,22,23,24)/t12-/m0/s1. The Bertz CT molecular complexity index is 873. The Labute approximate surface area is 149 Å². The first kappa shape index (κ1) is 16.2. The van der Waals surface area contributed by atoms with Crippen LogP contribution in [0.5, 0.6) is 0 Å². The Morgan fingerprint density at radius 2 is 2.04 bits per heavy atom. The van der Waals surface area contributed by atoms with Crippen molar-refractivity contribution < 1.29 is 14.4 Å². The summed E-state index contributed by atoms with van der Waals surface area (Å²) in [5.41, 5.74) is 0.792. The highest BCUT2D eigenvalue weighted by Crippen LogP contribution is 2.34. The fourth-order valence-corrected chi connectivity index (χ4v) is 3.01. The van der Waals surface area contributed by atoms with Crippen molar-refractivity contribution >= 4 is 29.4 Å². The molecule has 1 saturated carbocycles. The van der Waals surface area contributed by atoms with Gasteiger partial charge >= 0.3 is 0 Å². The lowest BCUT2D eigenvalue weighted by Gasteiger charge is -2.22. The van der Waals surface area contributed by atoms with Crippen LogP contribution in [0.2, 0.25) is 0 Å². The Balaban J connectivity index is 1.40. The highest BCUT2D eigenvalue weighted by Gasteiger charge is 2.30. The molecule has 134 valence electrons. The summed E-state index contributed by atoms with van der Waals surface area (Å²) in [5.74, 6) is 0.0303. The minimum atomic E-state index is -0.972. The molecule has 1 atom stereocenters. The van der Waals surface area contributed by atoms with E-state index in [2.05, 4.69) is 31.1 Å². The van der Waals surface area contributed by atoms with E-state index in [0.29, 0.717) is 17.2 Å². The quantitative estimate of drug-likeness (QED) is 0.655. The van der Waals surface area contributed by atoms with Crippen LogP contribution in [0.3, 0.4) is 0 Å². The first-order valence-electron chi connectivity index (χ1n) is 8.53. The number of aromatic nitrogens is 3. The van der Waals surface area contributed by atoms with Gasteiger partial charge in [0, 0.05) is 5.92 Å². The molecule has 1 aliphatic heterocycles. The number of amides is 3. The second-order valence-corrected chi connectivity index (χ2v) is 6.49. The number of hydrogen-bond donors (Lipinski definition) is 4. The van der Waals surface area contributed by atoms with Crippen LogP contribution in [0.4, 0.5) is 11.6 Å². The lowest BCUT2D eigenvalue weighted by molar-refractivity contribution is -0.122. The maximum absolute atomic E-state index is 12.3. The van der Waals surface area contributed by atoms with Crippen molar-refractivity contribution in [3.63, 3.8) is 0 Å². The van der Waals surface area contributed by atoms with Crippen LogP contribution in [0.25, 0.3) is 0 Å². The average Bonchev–Trinajstić information content (AvgIpc) is 2.95. The molecule has 0 spiro atoms. The summed E-state index contributed by atoms with van der Waals surface area (Å²) in [6.07, 6.45) is 3.10. The topological polar surface area (TPSA) is 129 Å². The van der Waals surface area contributed by atoms with Gasteiger partial charge in [0.25, 0.3) is 5.91 Å². The minimum Gasteiger partial charge on any atom is -0.340 e. The third-order valence-corrected chi connectivity index (χ3v) is 4.69. The van der Waals surface area contributed by atoms with Crippen LogP contribution in [-0.4, -0.2) is 38.9 Å². The minimum absolute atomic E-state index is 0.181. The number of anilines is 2. The zero-order chi connectivity index (χ0) is 18.1. The number of hydrogen-bond acceptors (Lipinski definition) is 5. The normalized spacial score (nSPS) is 19.6. The molecule has 9 heteroatoms. The molecule has 1 aliphatic carbocycles. The van der Waals surface area contributed by atoms with Gasteiger partial charge < -0.3 is 10.6 Å². The predicted octanol–water partition coefficient (Wildman–Crippen LogP) is 1.15. The monoisotopic (exact) mass is 354 g/mol. The number of nitrogens with one attached hydrogen (secondary N) is 4. The molecule has 0 saturated heterocycles. The van der Waals surface area contributed by atoms with Crippen molar-refractivity contribution in [3.05, 3.63) is 35.7 Å². The van der Waals surface area contributed by atoms with Gasteiger partial charge in [0.2, 0.25) is 17.8 Å². The lowest BCUT2D eigenvalue weighted by atomic mass is 9.85. The van der Waals surface area contributed by atoms with Gasteiger partial charge in [-0.15, -0.1) is 5.10 Å². The molecule has 0 bridgehead atoms. The van der Waals surface area contributed by atoms with E-state index in [-0.39, 0.29) is 12.4 Å². The van der Waals surface area contributed by atoms with Gasteiger partial charge in [0.1, 0.15) is 11.9 Å². The van der Waals surface area contributed by atoms with Crippen LogP contribution in [0.1, 0.15) is 47.8 Å². The predicted molar refractivity (Wildman–Crippen MR) is 92.5 cm³/mol. The van der Waals surface area contributed by atoms with Crippen LogP contribution < -0.4 is 16.0 Å². The summed E-state index contributed by atoms with van der Waals surface area (Å²) in [4.78, 5) is 41.1. The van der Waals surface area contributed by atoms with E-state index in [0.717, 1.165) is 18.7 Å². The molecule has 26 heavy (non-hydrogen) atoms. The Morgan fingerprint density at radius 1 is 1.23 bits per heavy atom. The molecule has 1 aromatic carbocycles. The van der Waals surface area contributed by atoms with Gasteiger partial charge in [-0.05, 0) is 25.0 Å². The molecule has 0 unspecified atom stereocenters. The van der Waals surface area contributed by atoms with Gasteiger partial charge in [0.05, 0.1) is 17.7 Å². The molecule has 2 heterocycles. The molecule has 2 aromatic rings. The number of benzene rings is 1. The summed E-state index contributed by atoms with van der Waals surface area (Å²) >= 11 is 0. The maximum atomic E-state index is 12.3. The van der Waals surface area contributed by atoms with E-state index in [4.69, 9.17) is 0 Å². The number of carbonyl (C=O) groups excluding carboxylic acids is 3. The molecule has 0 radical (unpaired) electrons. The van der Waals surface area contributed by atoms with Gasteiger partial charge in [0.15, 0.2) is 0 Å². The van der Waals surface area contributed by atoms with E-state index in [1.54, 1.807) is 24.3 Å². The van der Waals surface area contributed by atoms with Gasteiger partial charge in [-0.1, -0.05) is 18.6 Å². The van der Waals surface area contributed by atoms with Crippen LogP contribution in [0, 0.1) is 0 Å². The van der Waals surface area contributed by atoms with Gasteiger partial charge in [-0.3, -0.25) is 24.8 Å². The van der Waals surface area contributed by atoms with Crippen molar-refractivity contribution in [1.29, 1.82) is 0 Å². The second-order valence-electron chi connectivity index (χ2n) is 6.49.